The van der Waals surface area contributed by atoms with Gasteiger partial charge in [0.25, 0.3) is 0 Å². The van der Waals surface area contributed by atoms with Gasteiger partial charge in [-0.2, -0.15) is 0 Å². The summed E-state index contributed by atoms with van der Waals surface area (Å²) in [5.74, 6) is 0. The highest BCUT2D eigenvalue weighted by Gasteiger charge is 2.13. The van der Waals surface area contributed by atoms with Crippen LogP contribution in [0.3, 0.4) is 0 Å². The van der Waals surface area contributed by atoms with Gasteiger partial charge in [0.1, 0.15) is 0 Å². The summed E-state index contributed by atoms with van der Waals surface area (Å²) in [7, 11) is 0. The van der Waals surface area contributed by atoms with Gasteiger partial charge < -0.3 is 10.2 Å². The van der Waals surface area contributed by atoms with Gasteiger partial charge in [0.2, 0.25) is 0 Å². The zero-order valence-corrected chi connectivity index (χ0v) is 12.6. The number of aromatic nitrogens is 1. The van der Waals surface area contributed by atoms with E-state index in [1.54, 1.807) is 18.5 Å². The fraction of sp³-hybridized carbons (Fsp3) is 0.222. The Bertz CT molecular complexity index is 584. The number of rotatable bonds is 7. The van der Waals surface area contributed by atoms with E-state index < -0.39 is 0 Å². The van der Waals surface area contributed by atoms with E-state index >= 15 is 0 Å². The number of hydrogen-bond donors (Lipinski definition) is 1. The molecule has 0 bridgehead atoms. The maximum absolute atomic E-state index is 12.3. The van der Waals surface area contributed by atoms with Gasteiger partial charge in [0.15, 0.2) is 0 Å². The molecule has 0 unspecified atom stereocenters. The van der Waals surface area contributed by atoms with Crippen LogP contribution in [0.1, 0.15) is 11.1 Å². The molecule has 0 atom stereocenters. The molecular formula is C18H21N3O. The number of nitrogens with one attached hydrogen (secondary N) is 1. The molecule has 0 aliphatic carbocycles. The van der Waals surface area contributed by atoms with E-state index in [0.29, 0.717) is 19.6 Å². The Kier molecular flexibility index (Phi) is 6.18. The van der Waals surface area contributed by atoms with Gasteiger partial charge in [-0.15, -0.1) is 6.58 Å². The minimum atomic E-state index is -0.0763. The van der Waals surface area contributed by atoms with Gasteiger partial charge in [-0.3, -0.25) is 4.98 Å². The fourth-order valence-electron chi connectivity index (χ4n) is 2.14. The van der Waals surface area contributed by atoms with E-state index in [-0.39, 0.29) is 6.03 Å². The van der Waals surface area contributed by atoms with E-state index in [0.717, 1.165) is 12.0 Å². The third-order valence-electron chi connectivity index (χ3n) is 3.32. The Hall–Kier alpha value is -2.62. The number of benzene rings is 1. The normalized spacial score (nSPS) is 10.0. The molecule has 1 aromatic carbocycles. The predicted octanol–water partition coefficient (Wildman–Crippen LogP) is 3.02. The maximum atomic E-state index is 12.3. The molecule has 0 spiro atoms. The summed E-state index contributed by atoms with van der Waals surface area (Å²) in [5, 5.41) is 2.84. The lowest BCUT2D eigenvalue weighted by atomic mass is 10.1. The van der Waals surface area contributed by atoms with Crippen LogP contribution in [0, 0.1) is 0 Å². The molecule has 2 rings (SSSR count). The molecule has 2 amide bonds. The molecule has 1 aromatic heterocycles. The summed E-state index contributed by atoms with van der Waals surface area (Å²) < 4.78 is 0. The third-order valence-corrected chi connectivity index (χ3v) is 3.32. The van der Waals surface area contributed by atoms with Crippen molar-refractivity contribution in [1.82, 2.24) is 15.2 Å². The van der Waals surface area contributed by atoms with Crippen molar-refractivity contribution in [2.45, 2.75) is 13.0 Å². The van der Waals surface area contributed by atoms with Crippen molar-refractivity contribution in [3.63, 3.8) is 0 Å². The molecular weight excluding hydrogens is 274 g/mol. The van der Waals surface area contributed by atoms with Gasteiger partial charge in [-0.25, -0.2) is 4.79 Å². The molecule has 114 valence electrons. The predicted molar refractivity (Wildman–Crippen MR) is 88.4 cm³/mol. The minimum absolute atomic E-state index is 0.0763. The SMILES string of the molecule is C=CCNC(=O)N(CCc1ccccc1)Cc1ccncc1. The molecule has 4 nitrogen and oxygen atoms in total. The Labute approximate surface area is 131 Å². The Morgan fingerprint density at radius 2 is 1.86 bits per heavy atom. The molecule has 2 aromatic rings. The Morgan fingerprint density at radius 1 is 1.14 bits per heavy atom. The highest BCUT2D eigenvalue weighted by atomic mass is 16.2. The summed E-state index contributed by atoms with van der Waals surface area (Å²) in [6, 6.07) is 14.0. The van der Waals surface area contributed by atoms with E-state index in [1.165, 1.54) is 5.56 Å². The zero-order chi connectivity index (χ0) is 15.6. The number of pyridine rings is 1. The number of urea groups is 1. The maximum Gasteiger partial charge on any atom is 0.317 e. The van der Waals surface area contributed by atoms with Crippen molar-refractivity contribution >= 4 is 6.03 Å². The highest BCUT2D eigenvalue weighted by molar-refractivity contribution is 5.74. The first-order valence-electron chi connectivity index (χ1n) is 7.36. The lowest BCUT2D eigenvalue weighted by Gasteiger charge is -2.23. The minimum Gasteiger partial charge on any atom is -0.335 e. The van der Waals surface area contributed by atoms with Crippen LogP contribution in [0.2, 0.25) is 0 Å². The van der Waals surface area contributed by atoms with Crippen LogP contribution in [0.5, 0.6) is 0 Å². The number of carbonyl (C=O) groups is 1. The summed E-state index contributed by atoms with van der Waals surface area (Å²) in [4.78, 5) is 18.1. The van der Waals surface area contributed by atoms with E-state index in [1.807, 2.05) is 35.2 Å². The number of amides is 2. The number of carbonyl (C=O) groups excluding carboxylic acids is 1. The molecule has 4 heteroatoms. The molecule has 0 aliphatic heterocycles. The number of nitrogens with zero attached hydrogens (tertiary/aromatic N) is 2. The zero-order valence-electron chi connectivity index (χ0n) is 12.6. The van der Waals surface area contributed by atoms with Crippen molar-refractivity contribution in [2.24, 2.45) is 0 Å². The van der Waals surface area contributed by atoms with Crippen molar-refractivity contribution in [3.8, 4) is 0 Å². The third kappa shape index (κ3) is 5.05. The van der Waals surface area contributed by atoms with Gasteiger partial charge in [-0.1, -0.05) is 36.4 Å². The highest BCUT2D eigenvalue weighted by Crippen LogP contribution is 2.07. The quantitative estimate of drug-likeness (QED) is 0.798. The molecule has 0 aliphatic rings. The van der Waals surface area contributed by atoms with Gasteiger partial charge in [0.05, 0.1) is 0 Å². The molecule has 0 saturated heterocycles. The smallest absolute Gasteiger partial charge is 0.317 e. The van der Waals surface area contributed by atoms with Crippen LogP contribution >= 0.6 is 0 Å². The van der Waals surface area contributed by atoms with Crippen molar-refractivity contribution in [2.75, 3.05) is 13.1 Å². The number of hydrogen-bond acceptors (Lipinski definition) is 2. The van der Waals surface area contributed by atoms with E-state index in [9.17, 15) is 4.79 Å². The standard InChI is InChI=1S/C18H21N3O/c1-2-11-20-18(22)21(15-17-8-12-19-13-9-17)14-10-16-6-4-3-5-7-16/h2-9,12-13H,1,10-11,14-15H2,(H,20,22). The van der Waals surface area contributed by atoms with E-state index in [2.05, 4.69) is 29.0 Å². The van der Waals surface area contributed by atoms with Gasteiger partial charge in [0, 0.05) is 32.0 Å². The monoisotopic (exact) mass is 295 g/mol. The van der Waals surface area contributed by atoms with Crippen molar-refractivity contribution in [1.29, 1.82) is 0 Å². The topological polar surface area (TPSA) is 45.2 Å². The summed E-state index contributed by atoms with van der Waals surface area (Å²) in [5.41, 5.74) is 2.29. The van der Waals surface area contributed by atoms with Crippen LogP contribution in [0.4, 0.5) is 4.79 Å². The second-order valence-electron chi connectivity index (χ2n) is 4.99. The molecule has 0 saturated carbocycles. The average Bonchev–Trinajstić information content (AvgIpc) is 2.58. The van der Waals surface area contributed by atoms with E-state index in [4.69, 9.17) is 0 Å². The Morgan fingerprint density at radius 3 is 2.55 bits per heavy atom. The second kappa shape index (κ2) is 8.62. The molecule has 1 N–H and O–H groups in total. The fourth-order valence-corrected chi connectivity index (χ4v) is 2.14. The first-order chi connectivity index (χ1) is 10.8. The summed E-state index contributed by atoms with van der Waals surface area (Å²) in [6.07, 6.45) is 5.99. The largest absolute Gasteiger partial charge is 0.335 e. The van der Waals surface area contributed by atoms with Crippen molar-refractivity contribution < 1.29 is 4.79 Å². The summed E-state index contributed by atoms with van der Waals surface area (Å²) >= 11 is 0. The van der Waals surface area contributed by atoms with Gasteiger partial charge in [-0.05, 0) is 29.7 Å². The van der Waals surface area contributed by atoms with Crippen LogP contribution in [-0.2, 0) is 13.0 Å². The Balaban J connectivity index is 2.00. The second-order valence-corrected chi connectivity index (χ2v) is 4.99. The van der Waals surface area contributed by atoms with Crippen molar-refractivity contribution in [3.05, 3.63) is 78.6 Å². The molecule has 1 heterocycles. The average molecular weight is 295 g/mol. The van der Waals surface area contributed by atoms with Crippen LogP contribution in [-0.4, -0.2) is 29.0 Å². The van der Waals surface area contributed by atoms with Crippen LogP contribution in [0.15, 0.2) is 67.5 Å². The van der Waals surface area contributed by atoms with Crippen LogP contribution < -0.4 is 5.32 Å². The first-order valence-corrected chi connectivity index (χ1v) is 7.36. The lowest BCUT2D eigenvalue weighted by Crippen LogP contribution is -2.40. The lowest BCUT2D eigenvalue weighted by molar-refractivity contribution is 0.197. The van der Waals surface area contributed by atoms with Gasteiger partial charge >= 0.3 is 6.03 Å². The molecule has 0 radical (unpaired) electrons. The van der Waals surface area contributed by atoms with Crippen LogP contribution in [0.25, 0.3) is 0 Å². The molecule has 22 heavy (non-hydrogen) atoms. The summed E-state index contributed by atoms with van der Waals surface area (Å²) in [6.45, 7) is 5.33. The molecule has 0 fully saturated rings. The first kappa shape index (κ1) is 15.8.